The first-order valence-electron chi connectivity index (χ1n) is 9.34. The van der Waals surface area contributed by atoms with Crippen LogP contribution in [0, 0.1) is 5.92 Å². The van der Waals surface area contributed by atoms with E-state index in [0.29, 0.717) is 30.0 Å². The maximum absolute atomic E-state index is 13.2. The van der Waals surface area contributed by atoms with Gasteiger partial charge in [0, 0.05) is 19.5 Å². The van der Waals surface area contributed by atoms with Crippen molar-refractivity contribution in [3.63, 3.8) is 0 Å². The Balaban J connectivity index is 1.66. The fraction of sp³-hybridized carbons (Fsp3) is 0.550. The van der Waals surface area contributed by atoms with E-state index in [1.54, 1.807) is 26.8 Å². The van der Waals surface area contributed by atoms with Gasteiger partial charge in [-0.25, -0.2) is 0 Å². The van der Waals surface area contributed by atoms with Gasteiger partial charge < -0.3 is 9.80 Å². The zero-order valence-corrected chi connectivity index (χ0v) is 15.6. The first-order chi connectivity index (χ1) is 12.3. The highest BCUT2D eigenvalue weighted by Gasteiger charge is 2.53. The first kappa shape index (κ1) is 17.1. The van der Waals surface area contributed by atoms with Gasteiger partial charge in [0.15, 0.2) is 0 Å². The first-order valence-corrected chi connectivity index (χ1v) is 9.34. The van der Waals surface area contributed by atoms with Crippen molar-refractivity contribution in [2.75, 3.05) is 18.5 Å². The van der Waals surface area contributed by atoms with Gasteiger partial charge in [-0.1, -0.05) is 12.1 Å². The van der Waals surface area contributed by atoms with Crippen LogP contribution in [0.5, 0.6) is 0 Å². The summed E-state index contributed by atoms with van der Waals surface area (Å²) in [7, 11) is 1.81. The molecule has 3 amide bonds. The van der Waals surface area contributed by atoms with E-state index in [1.165, 1.54) is 0 Å². The molecule has 138 valence electrons. The summed E-state index contributed by atoms with van der Waals surface area (Å²) < 4.78 is 0. The predicted octanol–water partition coefficient (Wildman–Crippen LogP) is 2.24. The molecule has 2 aliphatic heterocycles. The van der Waals surface area contributed by atoms with Crippen LogP contribution in [0.1, 0.15) is 49.9 Å². The quantitative estimate of drug-likeness (QED) is 0.832. The molecule has 1 aliphatic carbocycles. The van der Waals surface area contributed by atoms with Crippen LogP contribution in [0.2, 0.25) is 0 Å². The van der Waals surface area contributed by atoms with Crippen molar-refractivity contribution < 1.29 is 14.4 Å². The van der Waals surface area contributed by atoms with Gasteiger partial charge in [-0.2, -0.15) is 0 Å². The smallest absolute Gasteiger partial charge is 0.258 e. The molecular weight excluding hydrogens is 330 g/mol. The van der Waals surface area contributed by atoms with E-state index in [4.69, 9.17) is 0 Å². The maximum Gasteiger partial charge on any atom is 0.258 e. The average Bonchev–Trinajstić information content (AvgIpc) is 3.43. The molecule has 6 heteroatoms. The number of amides is 3. The third kappa shape index (κ3) is 2.42. The van der Waals surface area contributed by atoms with Crippen molar-refractivity contribution in [1.29, 1.82) is 0 Å². The molecule has 1 saturated heterocycles. The van der Waals surface area contributed by atoms with Crippen LogP contribution in [-0.4, -0.2) is 52.8 Å². The van der Waals surface area contributed by atoms with Gasteiger partial charge in [-0.3, -0.25) is 19.3 Å². The molecule has 0 spiro atoms. The lowest BCUT2D eigenvalue weighted by Gasteiger charge is -2.48. The largest absolute Gasteiger partial charge is 0.341 e. The molecule has 0 bridgehead atoms. The number of nitrogens with zero attached hydrogens (tertiary/aromatic N) is 3. The molecule has 3 aliphatic rings. The van der Waals surface area contributed by atoms with E-state index < -0.39 is 5.66 Å². The fourth-order valence-corrected chi connectivity index (χ4v) is 4.31. The number of carbonyl (C=O) groups is 3. The molecule has 0 radical (unpaired) electrons. The number of benzene rings is 1. The standard InChI is InChI=1S/C20H25N3O3/c1-13(14-8-9-14)21(3)18(25)12-22-19(26)15-6-4-5-7-16(15)23-17(24)10-11-20(22,23)2/h4-7,13-14H,8-12H2,1-3H3. The number of carbonyl (C=O) groups excluding carboxylic acids is 3. The van der Waals surface area contributed by atoms with Crippen LogP contribution in [-0.2, 0) is 9.59 Å². The maximum atomic E-state index is 13.2. The SMILES string of the molecule is CC(C1CC1)N(C)C(=O)CN1C(=O)c2ccccc2N2C(=O)CCC12C. The predicted molar refractivity (Wildman–Crippen MR) is 97.6 cm³/mol. The zero-order valence-electron chi connectivity index (χ0n) is 15.6. The van der Waals surface area contributed by atoms with Crippen molar-refractivity contribution in [1.82, 2.24) is 9.80 Å². The van der Waals surface area contributed by atoms with Crippen LogP contribution in [0.3, 0.4) is 0 Å². The van der Waals surface area contributed by atoms with Crippen molar-refractivity contribution in [2.45, 2.75) is 51.2 Å². The van der Waals surface area contributed by atoms with Crippen molar-refractivity contribution in [2.24, 2.45) is 5.92 Å². The highest BCUT2D eigenvalue weighted by molar-refractivity contribution is 6.11. The lowest BCUT2D eigenvalue weighted by Crippen LogP contribution is -2.64. The molecule has 0 aromatic heterocycles. The number of hydrogen-bond donors (Lipinski definition) is 0. The Bertz CT molecular complexity index is 788. The highest BCUT2D eigenvalue weighted by atomic mass is 16.2. The minimum absolute atomic E-state index is 0.001000. The lowest BCUT2D eigenvalue weighted by molar-refractivity contribution is -0.134. The van der Waals surface area contributed by atoms with Gasteiger partial charge in [-0.15, -0.1) is 0 Å². The molecule has 6 nitrogen and oxygen atoms in total. The lowest BCUT2D eigenvalue weighted by atomic mass is 9.98. The Kier molecular flexibility index (Phi) is 3.82. The van der Waals surface area contributed by atoms with Crippen molar-refractivity contribution in [3.8, 4) is 0 Å². The summed E-state index contributed by atoms with van der Waals surface area (Å²) >= 11 is 0. The number of rotatable bonds is 4. The van der Waals surface area contributed by atoms with Gasteiger partial charge in [0.1, 0.15) is 12.2 Å². The van der Waals surface area contributed by atoms with Gasteiger partial charge in [0.25, 0.3) is 5.91 Å². The highest BCUT2D eigenvalue weighted by Crippen LogP contribution is 2.44. The second kappa shape index (κ2) is 5.83. The number of anilines is 1. The van der Waals surface area contributed by atoms with Gasteiger partial charge in [-0.05, 0) is 51.2 Å². The van der Waals surface area contributed by atoms with E-state index in [-0.39, 0.29) is 30.3 Å². The summed E-state index contributed by atoms with van der Waals surface area (Å²) in [5, 5.41) is 0. The molecule has 4 rings (SSSR count). The minimum Gasteiger partial charge on any atom is -0.341 e. The molecule has 1 aromatic rings. The van der Waals surface area contributed by atoms with E-state index in [0.717, 1.165) is 12.8 Å². The Labute approximate surface area is 153 Å². The van der Waals surface area contributed by atoms with Gasteiger partial charge in [0.05, 0.1) is 11.3 Å². The summed E-state index contributed by atoms with van der Waals surface area (Å²) in [6.45, 7) is 3.96. The number of para-hydroxylation sites is 1. The number of likely N-dealkylation sites (N-methyl/N-ethyl adjacent to an activating group) is 1. The third-order valence-corrected chi connectivity index (χ3v) is 6.35. The van der Waals surface area contributed by atoms with Crippen molar-refractivity contribution >= 4 is 23.4 Å². The second-order valence-electron chi connectivity index (χ2n) is 7.94. The van der Waals surface area contributed by atoms with E-state index in [9.17, 15) is 14.4 Å². The Morgan fingerprint density at radius 1 is 1.31 bits per heavy atom. The molecule has 2 heterocycles. The molecule has 2 fully saturated rings. The number of fused-ring (bicyclic) bond motifs is 3. The van der Waals surface area contributed by atoms with E-state index in [1.807, 2.05) is 26.1 Å². The van der Waals surface area contributed by atoms with Gasteiger partial charge in [0.2, 0.25) is 11.8 Å². The zero-order chi connectivity index (χ0) is 18.6. The van der Waals surface area contributed by atoms with Crippen molar-refractivity contribution in [3.05, 3.63) is 29.8 Å². The molecule has 1 saturated carbocycles. The Morgan fingerprint density at radius 2 is 2.00 bits per heavy atom. The summed E-state index contributed by atoms with van der Waals surface area (Å²) in [5.41, 5.74) is 0.374. The number of hydrogen-bond acceptors (Lipinski definition) is 3. The average molecular weight is 355 g/mol. The van der Waals surface area contributed by atoms with E-state index in [2.05, 4.69) is 6.92 Å². The Morgan fingerprint density at radius 3 is 2.69 bits per heavy atom. The monoisotopic (exact) mass is 355 g/mol. The summed E-state index contributed by atoms with van der Waals surface area (Å²) in [6.07, 6.45) is 3.25. The normalized spacial score (nSPS) is 25.8. The van der Waals surface area contributed by atoms with Crippen LogP contribution in [0.15, 0.2) is 24.3 Å². The second-order valence-corrected chi connectivity index (χ2v) is 7.94. The van der Waals surface area contributed by atoms with Crippen LogP contribution in [0.4, 0.5) is 5.69 Å². The molecule has 2 atom stereocenters. The van der Waals surface area contributed by atoms with Crippen LogP contribution in [0.25, 0.3) is 0 Å². The third-order valence-electron chi connectivity index (χ3n) is 6.35. The molecule has 26 heavy (non-hydrogen) atoms. The van der Waals surface area contributed by atoms with Crippen LogP contribution < -0.4 is 4.90 Å². The summed E-state index contributed by atoms with van der Waals surface area (Å²) in [6, 6.07) is 7.36. The fourth-order valence-electron chi connectivity index (χ4n) is 4.31. The topological polar surface area (TPSA) is 60.9 Å². The molecule has 0 N–H and O–H groups in total. The summed E-state index contributed by atoms with van der Waals surface area (Å²) in [5.74, 6) is 0.332. The molecule has 1 aromatic carbocycles. The minimum atomic E-state index is -0.776. The van der Waals surface area contributed by atoms with Crippen LogP contribution >= 0.6 is 0 Å². The molecule has 2 unspecified atom stereocenters. The van der Waals surface area contributed by atoms with E-state index >= 15 is 0 Å². The molecular formula is C20H25N3O3. The summed E-state index contributed by atoms with van der Waals surface area (Å²) in [4.78, 5) is 43.7. The van der Waals surface area contributed by atoms with Gasteiger partial charge >= 0.3 is 0 Å². The Hall–Kier alpha value is -2.37.